The summed E-state index contributed by atoms with van der Waals surface area (Å²) in [4.78, 5) is 21.7. The number of esters is 1. The molecule has 4 nitrogen and oxygen atoms in total. The predicted molar refractivity (Wildman–Crippen MR) is 56.3 cm³/mol. The molecule has 0 aliphatic rings. The number of unbranched alkanes of at least 4 members (excludes halogenated alkanes) is 1. The van der Waals surface area contributed by atoms with Gasteiger partial charge in [-0.1, -0.05) is 12.1 Å². The molecule has 4 heteroatoms. The van der Waals surface area contributed by atoms with E-state index in [2.05, 4.69) is 0 Å². The summed E-state index contributed by atoms with van der Waals surface area (Å²) in [6.07, 6.45) is 2.80. The van der Waals surface area contributed by atoms with E-state index in [9.17, 15) is 14.7 Å². The van der Waals surface area contributed by atoms with Gasteiger partial charge >= 0.3 is 5.97 Å². The number of hydrogen-bond acceptors (Lipinski definition) is 3. The molecule has 0 bridgehead atoms. The molecule has 84 valence electrons. The molecule has 1 aromatic rings. The van der Waals surface area contributed by atoms with E-state index in [1.165, 1.54) is 24.3 Å². The summed E-state index contributed by atoms with van der Waals surface area (Å²) < 4.78 is 4.93. The average Bonchev–Trinajstić information content (AvgIpc) is 2.34. The third-order valence-electron chi connectivity index (χ3n) is 2.01. The van der Waals surface area contributed by atoms with Crippen molar-refractivity contribution in [3.63, 3.8) is 0 Å². The van der Waals surface area contributed by atoms with Gasteiger partial charge < -0.3 is 4.74 Å². The molecule has 1 rings (SSSR count). The standard InChI is InChI=1S/C12H12O4/c13-7-1-2-8-16-12(15)11-5-3-10(9-14)4-6-11/h3-6H,1-2,7-8H2. The van der Waals surface area contributed by atoms with Gasteiger partial charge in [0.25, 0.3) is 0 Å². The largest absolute Gasteiger partial charge is 0.462 e. The Kier molecular flexibility index (Phi) is 5.22. The highest BCUT2D eigenvalue weighted by Crippen LogP contribution is 2.04. The van der Waals surface area contributed by atoms with Gasteiger partial charge in [0.15, 0.2) is 0 Å². The van der Waals surface area contributed by atoms with E-state index in [0.29, 0.717) is 24.0 Å². The van der Waals surface area contributed by atoms with Crippen LogP contribution in [0.3, 0.4) is 0 Å². The summed E-state index contributed by atoms with van der Waals surface area (Å²) in [7, 11) is 0. The van der Waals surface area contributed by atoms with Gasteiger partial charge in [0, 0.05) is 5.56 Å². The van der Waals surface area contributed by atoms with Crippen LogP contribution in [0.1, 0.15) is 28.8 Å². The number of benzene rings is 1. The van der Waals surface area contributed by atoms with Crippen molar-refractivity contribution in [1.82, 2.24) is 0 Å². The zero-order chi connectivity index (χ0) is 11.8. The topological polar surface area (TPSA) is 63.3 Å². The lowest BCUT2D eigenvalue weighted by Gasteiger charge is -2.03. The third kappa shape index (κ3) is 3.82. The van der Waals surface area contributed by atoms with Crippen LogP contribution < -0.4 is 0 Å². The van der Waals surface area contributed by atoms with Crippen LogP contribution in [0, 0.1) is 0 Å². The normalized spacial score (nSPS) is 9.81. The summed E-state index contributed by atoms with van der Waals surface area (Å²) in [5.74, 6) is -0.441. The first-order valence-electron chi connectivity index (χ1n) is 5.01. The Morgan fingerprint density at radius 2 is 1.88 bits per heavy atom. The van der Waals surface area contributed by atoms with Crippen LogP contribution in [0.15, 0.2) is 24.3 Å². The fraction of sp³-hybridized carbons (Fsp3) is 0.333. The van der Waals surface area contributed by atoms with Crippen LogP contribution in [-0.4, -0.2) is 25.5 Å². The predicted octanol–water partition coefficient (Wildman–Crippen LogP) is 1.51. The Morgan fingerprint density at radius 1 is 1.19 bits per heavy atom. The first kappa shape index (κ1) is 12.4. The second kappa shape index (κ2) is 6.74. The molecule has 0 aliphatic heterocycles. The van der Waals surface area contributed by atoms with Gasteiger partial charge in [-0.3, -0.25) is 4.79 Å². The molecule has 16 heavy (non-hydrogen) atoms. The first-order valence-corrected chi connectivity index (χ1v) is 5.01. The minimum Gasteiger partial charge on any atom is -0.462 e. The minimum atomic E-state index is -0.441. The lowest BCUT2D eigenvalue weighted by atomic mass is 10.1. The molecule has 0 heterocycles. The van der Waals surface area contributed by atoms with E-state index < -0.39 is 5.97 Å². The van der Waals surface area contributed by atoms with E-state index in [1.807, 2.05) is 0 Å². The van der Waals surface area contributed by atoms with Crippen molar-refractivity contribution in [2.75, 3.05) is 13.2 Å². The van der Waals surface area contributed by atoms with Crippen molar-refractivity contribution >= 4 is 12.3 Å². The second-order valence-corrected chi connectivity index (χ2v) is 3.23. The molecule has 2 radical (unpaired) electrons. The van der Waals surface area contributed by atoms with Crippen molar-refractivity contribution in [3.8, 4) is 0 Å². The fourth-order valence-electron chi connectivity index (χ4n) is 1.13. The molecule has 0 N–H and O–H groups in total. The van der Waals surface area contributed by atoms with Crippen LogP contribution in [0.4, 0.5) is 0 Å². The molecule has 0 amide bonds. The van der Waals surface area contributed by atoms with Crippen molar-refractivity contribution in [2.45, 2.75) is 12.8 Å². The molecular formula is C12H12O4. The SMILES string of the molecule is [O]CCCCOC(=O)c1ccc([C]=O)cc1. The number of carbonyl (C=O) groups is 1. The van der Waals surface area contributed by atoms with Crippen LogP contribution in [-0.2, 0) is 14.6 Å². The van der Waals surface area contributed by atoms with E-state index in [-0.39, 0.29) is 13.2 Å². The molecular weight excluding hydrogens is 208 g/mol. The quantitative estimate of drug-likeness (QED) is 0.539. The first-order chi connectivity index (χ1) is 7.77. The van der Waals surface area contributed by atoms with E-state index >= 15 is 0 Å². The van der Waals surface area contributed by atoms with E-state index in [1.54, 1.807) is 6.29 Å². The number of ether oxygens (including phenoxy) is 1. The summed E-state index contributed by atoms with van der Waals surface area (Å²) in [6.45, 7) is 0.101. The molecule has 0 unspecified atom stereocenters. The third-order valence-corrected chi connectivity index (χ3v) is 2.01. The van der Waals surface area contributed by atoms with Gasteiger partial charge in [0.2, 0.25) is 6.29 Å². The number of hydrogen-bond donors (Lipinski definition) is 0. The van der Waals surface area contributed by atoms with Crippen LogP contribution in [0.5, 0.6) is 0 Å². The second-order valence-electron chi connectivity index (χ2n) is 3.23. The molecule has 0 fully saturated rings. The zero-order valence-electron chi connectivity index (χ0n) is 8.77. The summed E-state index contributed by atoms with van der Waals surface area (Å²) in [5.41, 5.74) is 0.782. The maximum absolute atomic E-state index is 11.4. The molecule has 0 aromatic heterocycles. The van der Waals surface area contributed by atoms with Crippen molar-refractivity contribution in [3.05, 3.63) is 35.4 Å². The summed E-state index contributed by atoms with van der Waals surface area (Å²) in [6, 6.07) is 6.02. The monoisotopic (exact) mass is 220 g/mol. The maximum atomic E-state index is 11.4. The Bertz CT molecular complexity index is 343. The molecule has 0 saturated heterocycles. The maximum Gasteiger partial charge on any atom is 0.338 e. The summed E-state index contributed by atoms with van der Waals surface area (Å²) in [5, 5.41) is 10.1. The van der Waals surface area contributed by atoms with Gasteiger partial charge in [-0.25, -0.2) is 9.90 Å². The van der Waals surface area contributed by atoms with Crippen LogP contribution in [0.2, 0.25) is 0 Å². The van der Waals surface area contributed by atoms with Crippen LogP contribution >= 0.6 is 0 Å². The molecule has 0 atom stereocenters. The van der Waals surface area contributed by atoms with Gasteiger partial charge in [-0.15, -0.1) is 0 Å². The highest BCUT2D eigenvalue weighted by Gasteiger charge is 2.06. The lowest BCUT2D eigenvalue weighted by molar-refractivity contribution is 0.0487. The Hall–Kier alpha value is -1.68. The van der Waals surface area contributed by atoms with Crippen molar-refractivity contribution in [1.29, 1.82) is 0 Å². The Labute approximate surface area is 93.9 Å². The van der Waals surface area contributed by atoms with Gasteiger partial charge in [-0.2, -0.15) is 0 Å². The van der Waals surface area contributed by atoms with Crippen molar-refractivity contribution < 1.29 is 19.4 Å². The number of rotatable bonds is 6. The average molecular weight is 220 g/mol. The lowest BCUT2D eigenvalue weighted by Crippen LogP contribution is -2.06. The van der Waals surface area contributed by atoms with Gasteiger partial charge in [-0.05, 0) is 25.0 Å². The highest BCUT2D eigenvalue weighted by molar-refractivity contribution is 5.90. The minimum absolute atomic E-state index is 0.151. The fourth-order valence-corrected chi connectivity index (χ4v) is 1.13. The van der Waals surface area contributed by atoms with Gasteiger partial charge in [0.1, 0.15) is 0 Å². The highest BCUT2D eigenvalue weighted by atomic mass is 16.5. The molecule has 1 aromatic carbocycles. The van der Waals surface area contributed by atoms with Crippen LogP contribution in [0.25, 0.3) is 0 Å². The smallest absolute Gasteiger partial charge is 0.338 e. The number of carbonyl (C=O) groups excluding carboxylic acids is 2. The zero-order valence-corrected chi connectivity index (χ0v) is 8.77. The van der Waals surface area contributed by atoms with Gasteiger partial charge in [0.05, 0.1) is 18.8 Å². The molecule has 0 saturated carbocycles. The molecule has 0 aliphatic carbocycles. The Balaban J connectivity index is 2.43. The van der Waals surface area contributed by atoms with Crippen molar-refractivity contribution in [2.24, 2.45) is 0 Å². The molecule has 0 spiro atoms. The van der Waals surface area contributed by atoms with E-state index in [4.69, 9.17) is 4.74 Å². The van der Waals surface area contributed by atoms with E-state index in [0.717, 1.165) is 0 Å². The summed E-state index contributed by atoms with van der Waals surface area (Å²) >= 11 is 0. The Morgan fingerprint density at radius 3 is 2.44 bits per heavy atom.